The molecule has 0 spiro atoms. The normalized spacial score (nSPS) is 10.4. The van der Waals surface area contributed by atoms with Crippen molar-refractivity contribution in [1.29, 1.82) is 0 Å². The molecule has 0 amide bonds. The van der Waals surface area contributed by atoms with Gasteiger partial charge < -0.3 is 4.74 Å². The first-order valence-electron chi connectivity index (χ1n) is 5.70. The van der Waals surface area contributed by atoms with Crippen LogP contribution in [0.15, 0.2) is 36.4 Å². The molecule has 94 valence electrons. The highest BCUT2D eigenvalue weighted by Gasteiger charge is 2.03. The maximum atomic E-state index is 5.96. The van der Waals surface area contributed by atoms with Crippen molar-refractivity contribution < 1.29 is 4.74 Å². The molecule has 0 unspecified atom stereocenters. The van der Waals surface area contributed by atoms with Gasteiger partial charge in [-0.05, 0) is 43.2 Å². The summed E-state index contributed by atoms with van der Waals surface area (Å²) in [7, 11) is 0. The fourth-order valence-electron chi connectivity index (χ4n) is 1.75. The Hall–Kier alpha value is -1.18. The molecule has 0 aliphatic heterocycles. The maximum Gasteiger partial charge on any atom is 0.122 e. The lowest BCUT2D eigenvalue weighted by molar-refractivity contribution is 0.304. The second kappa shape index (κ2) is 5.64. The fraction of sp³-hybridized carbons (Fsp3) is 0.200. The lowest BCUT2D eigenvalue weighted by atomic mass is 10.1. The van der Waals surface area contributed by atoms with Crippen molar-refractivity contribution in [1.82, 2.24) is 0 Å². The highest BCUT2D eigenvalue weighted by atomic mass is 35.5. The van der Waals surface area contributed by atoms with Crippen molar-refractivity contribution in [3.05, 3.63) is 63.1 Å². The molecule has 2 aromatic carbocycles. The highest BCUT2D eigenvalue weighted by Crippen LogP contribution is 2.24. The lowest BCUT2D eigenvalue weighted by Crippen LogP contribution is -1.97. The van der Waals surface area contributed by atoms with E-state index in [0.29, 0.717) is 16.7 Å². The van der Waals surface area contributed by atoms with Crippen molar-refractivity contribution in [2.24, 2.45) is 0 Å². The van der Waals surface area contributed by atoms with Gasteiger partial charge in [-0.15, -0.1) is 0 Å². The predicted molar refractivity (Wildman–Crippen MR) is 76.7 cm³/mol. The number of ether oxygens (including phenoxy) is 1. The van der Waals surface area contributed by atoms with Crippen molar-refractivity contribution in [3.63, 3.8) is 0 Å². The summed E-state index contributed by atoms with van der Waals surface area (Å²) in [5.41, 5.74) is 3.37. The molecule has 2 aromatic rings. The zero-order chi connectivity index (χ0) is 13.1. The van der Waals surface area contributed by atoms with Crippen molar-refractivity contribution in [2.75, 3.05) is 0 Å². The smallest absolute Gasteiger partial charge is 0.122 e. The van der Waals surface area contributed by atoms with Crippen LogP contribution in [-0.2, 0) is 6.61 Å². The van der Waals surface area contributed by atoms with E-state index in [2.05, 4.69) is 13.0 Å². The first kappa shape index (κ1) is 13.3. The Kier molecular flexibility index (Phi) is 4.15. The van der Waals surface area contributed by atoms with Gasteiger partial charge in [-0.3, -0.25) is 0 Å². The highest BCUT2D eigenvalue weighted by molar-refractivity contribution is 6.42. The Morgan fingerprint density at radius 1 is 0.944 bits per heavy atom. The molecular formula is C15H14Cl2O. The minimum Gasteiger partial charge on any atom is -0.489 e. The third kappa shape index (κ3) is 3.18. The number of aryl methyl sites for hydroxylation is 2. The van der Waals surface area contributed by atoms with E-state index in [1.807, 2.05) is 31.2 Å². The molecule has 0 aromatic heterocycles. The maximum absolute atomic E-state index is 5.96. The molecular weight excluding hydrogens is 267 g/mol. The van der Waals surface area contributed by atoms with Crippen LogP contribution in [0, 0.1) is 13.8 Å². The van der Waals surface area contributed by atoms with Gasteiger partial charge in [0.25, 0.3) is 0 Å². The minimum atomic E-state index is 0.487. The van der Waals surface area contributed by atoms with Gasteiger partial charge in [-0.1, -0.05) is 47.0 Å². The summed E-state index contributed by atoms with van der Waals surface area (Å²) in [5, 5.41) is 1.12. The van der Waals surface area contributed by atoms with Crippen LogP contribution in [0.2, 0.25) is 10.0 Å². The van der Waals surface area contributed by atoms with Crippen molar-refractivity contribution in [2.45, 2.75) is 20.5 Å². The monoisotopic (exact) mass is 280 g/mol. The van der Waals surface area contributed by atoms with E-state index in [1.165, 1.54) is 5.56 Å². The standard InChI is InChI=1S/C15H14Cl2O/c1-10-3-6-15(11(2)7-10)18-9-12-4-5-13(16)14(17)8-12/h3-8H,9H2,1-2H3. The van der Waals surface area contributed by atoms with Crippen LogP contribution in [0.5, 0.6) is 5.75 Å². The number of hydrogen-bond acceptors (Lipinski definition) is 1. The summed E-state index contributed by atoms with van der Waals surface area (Å²) in [6, 6.07) is 11.7. The topological polar surface area (TPSA) is 9.23 Å². The fourth-order valence-corrected chi connectivity index (χ4v) is 2.07. The summed E-state index contributed by atoms with van der Waals surface area (Å²) < 4.78 is 5.77. The van der Waals surface area contributed by atoms with Gasteiger partial charge in [0.2, 0.25) is 0 Å². The van der Waals surface area contributed by atoms with Gasteiger partial charge >= 0.3 is 0 Å². The van der Waals surface area contributed by atoms with Crippen LogP contribution >= 0.6 is 23.2 Å². The average molecular weight is 281 g/mol. The Labute approximate surface area is 117 Å². The van der Waals surface area contributed by atoms with Crippen molar-refractivity contribution >= 4 is 23.2 Å². The quantitative estimate of drug-likeness (QED) is 0.752. The molecule has 3 heteroatoms. The van der Waals surface area contributed by atoms with E-state index in [4.69, 9.17) is 27.9 Å². The van der Waals surface area contributed by atoms with Crippen LogP contribution < -0.4 is 4.74 Å². The van der Waals surface area contributed by atoms with Crippen molar-refractivity contribution in [3.8, 4) is 5.75 Å². The molecule has 0 saturated heterocycles. The van der Waals surface area contributed by atoms with Crippen LogP contribution in [0.3, 0.4) is 0 Å². The zero-order valence-corrected chi connectivity index (χ0v) is 11.8. The van der Waals surface area contributed by atoms with Crippen LogP contribution in [0.25, 0.3) is 0 Å². The Bertz CT molecular complexity index is 564. The molecule has 0 N–H and O–H groups in total. The van der Waals surface area contributed by atoms with E-state index in [0.717, 1.165) is 16.9 Å². The lowest BCUT2D eigenvalue weighted by Gasteiger charge is -2.10. The van der Waals surface area contributed by atoms with Gasteiger partial charge in [0.05, 0.1) is 10.0 Å². The Balaban J connectivity index is 2.09. The largest absolute Gasteiger partial charge is 0.489 e. The number of halogens is 2. The number of benzene rings is 2. The zero-order valence-electron chi connectivity index (χ0n) is 10.3. The predicted octanol–water partition coefficient (Wildman–Crippen LogP) is 5.19. The first-order chi connectivity index (χ1) is 8.56. The molecule has 18 heavy (non-hydrogen) atoms. The third-order valence-electron chi connectivity index (χ3n) is 2.71. The van der Waals surface area contributed by atoms with Gasteiger partial charge in [-0.2, -0.15) is 0 Å². The summed E-state index contributed by atoms with van der Waals surface area (Å²) in [6.07, 6.45) is 0. The Morgan fingerprint density at radius 2 is 1.72 bits per heavy atom. The molecule has 0 fully saturated rings. The van der Waals surface area contributed by atoms with Gasteiger partial charge in [-0.25, -0.2) is 0 Å². The SMILES string of the molecule is Cc1ccc(OCc2ccc(Cl)c(Cl)c2)c(C)c1. The van der Waals surface area contributed by atoms with Crippen LogP contribution in [0.1, 0.15) is 16.7 Å². The Morgan fingerprint density at radius 3 is 2.39 bits per heavy atom. The van der Waals surface area contributed by atoms with Crippen LogP contribution in [0.4, 0.5) is 0 Å². The number of rotatable bonds is 3. The molecule has 0 saturated carbocycles. The van der Waals surface area contributed by atoms with Gasteiger partial charge in [0, 0.05) is 0 Å². The summed E-state index contributed by atoms with van der Waals surface area (Å²) in [4.78, 5) is 0. The van der Waals surface area contributed by atoms with Crippen LogP contribution in [-0.4, -0.2) is 0 Å². The minimum absolute atomic E-state index is 0.487. The molecule has 0 aliphatic carbocycles. The molecule has 0 radical (unpaired) electrons. The summed E-state index contributed by atoms with van der Waals surface area (Å²) >= 11 is 11.8. The van der Waals surface area contributed by atoms with E-state index < -0.39 is 0 Å². The second-order valence-corrected chi connectivity index (χ2v) is 5.12. The molecule has 0 bridgehead atoms. The van der Waals surface area contributed by atoms with E-state index in [-0.39, 0.29) is 0 Å². The molecule has 0 atom stereocenters. The van der Waals surface area contributed by atoms with E-state index >= 15 is 0 Å². The van der Waals surface area contributed by atoms with Gasteiger partial charge in [0.15, 0.2) is 0 Å². The number of hydrogen-bond donors (Lipinski definition) is 0. The molecule has 1 nitrogen and oxygen atoms in total. The third-order valence-corrected chi connectivity index (χ3v) is 3.45. The second-order valence-electron chi connectivity index (χ2n) is 4.31. The first-order valence-corrected chi connectivity index (χ1v) is 6.46. The van der Waals surface area contributed by atoms with E-state index in [1.54, 1.807) is 6.07 Å². The summed E-state index contributed by atoms with van der Waals surface area (Å²) in [6.45, 7) is 4.59. The molecule has 2 rings (SSSR count). The molecule has 0 aliphatic rings. The van der Waals surface area contributed by atoms with E-state index in [9.17, 15) is 0 Å². The van der Waals surface area contributed by atoms with Gasteiger partial charge in [0.1, 0.15) is 12.4 Å². The average Bonchev–Trinajstić information content (AvgIpc) is 2.32. The summed E-state index contributed by atoms with van der Waals surface area (Å²) in [5.74, 6) is 0.895. The molecule has 0 heterocycles.